The molecule has 24 heavy (non-hydrogen) atoms. The molecule has 0 radical (unpaired) electrons. The first-order valence-electron chi connectivity index (χ1n) is 8.41. The lowest BCUT2D eigenvalue weighted by Gasteiger charge is -2.29. The number of nitrogens with one attached hydrogen (secondary N) is 1. The Labute approximate surface area is 140 Å². The summed E-state index contributed by atoms with van der Waals surface area (Å²) in [4.78, 5) is 27.8. The molecule has 1 saturated heterocycles. The molecule has 128 valence electrons. The van der Waals surface area contributed by atoms with Crippen molar-refractivity contribution >= 4 is 22.8 Å². The van der Waals surface area contributed by atoms with Gasteiger partial charge in [-0.3, -0.25) is 4.79 Å². The van der Waals surface area contributed by atoms with E-state index in [4.69, 9.17) is 5.11 Å². The highest BCUT2D eigenvalue weighted by Crippen LogP contribution is 2.50. The fraction of sp³-hybridized carbons (Fsp3) is 0.588. The van der Waals surface area contributed by atoms with Crippen molar-refractivity contribution < 1.29 is 9.90 Å². The third-order valence-corrected chi connectivity index (χ3v) is 5.94. The van der Waals surface area contributed by atoms with Gasteiger partial charge in [-0.15, -0.1) is 0 Å². The summed E-state index contributed by atoms with van der Waals surface area (Å²) in [7, 11) is 2.10. The van der Waals surface area contributed by atoms with E-state index < -0.39 is 6.61 Å². The van der Waals surface area contributed by atoms with Gasteiger partial charge in [-0.05, 0) is 30.2 Å². The first kappa shape index (κ1) is 15.4. The van der Waals surface area contributed by atoms with Gasteiger partial charge in [-0.2, -0.15) is 0 Å². The van der Waals surface area contributed by atoms with Crippen molar-refractivity contribution in [1.82, 2.24) is 19.9 Å². The van der Waals surface area contributed by atoms with Crippen LogP contribution in [0.2, 0.25) is 0 Å². The smallest absolute Gasteiger partial charge is 0.248 e. The number of fused-ring (bicyclic) bond motifs is 2. The molecule has 2 fully saturated rings. The second kappa shape index (κ2) is 5.44. The zero-order chi connectivity index (χ0) is 16.9. The van der Waals surface area contributed by atoms with Crippen LogP contribution in [0.15, 0.2) is 18.6 Å². The third-order valence-electron chi connectivity index (χ3n) is 5.94. The van der Waals surface area contributed by atoms with Gasteiger partial charge in [0.15, 0.2) is 0 Å². The zero-order valence-electron chi connectivity index (χ0n) is 14.1. The first-order valence-corrected chi connectivity index (χ1v) is 8.41. The Morgan fingerprint density at radius 1 is 1.54 bits per heavy atom. The largest absolute Gasteiger partial charge is 0.387 e. The van der Waals surface area contributed by atoms with Crippen molar-refractivity contribution in [3.63, 3.8) is 0 Å². The van der Waals surface area contributed by atoms with Gasteiger partial charge in [-0.1, -0.05) is 6.92 Å². The highest BCUT2D eigenvalue weighted by molar-refractivity contribution is 5.87. The summed E-state index contributed by atoms with van der Waals surface area (Å²) < 4.78 is 0. The van der Waals surface area contributed by atoms with Gasteiger partial charge >= 0.3 is 0 Å². The number of aromatic amines is 1. The molecule has 2 N–H and O–H groups in total. The van der Waals surface area contributed by atoms with Crippen molar-refractivity contribution in [3.8, 4) is 0 Å². The lowest BCUT2D eigenvalue weighted by atomic mass is 9.83. The van der Waals surface area contributed by atoms with Gasteiger partial charge in [-0.25, -0.2) is 9.97 Å². The van der Waals surface area contributed by atoms with Crippen LogP contribution in [-0.4, -0.2) is 63.7 Å². The maximum Gasteiger partial charge on any atom is 0.248 e. The van der Waals surface area contributed by atoms with Gasteiger partial charge in [0.05, 0.1) is 5.39 Å². The number of H-pyrrole nitrogens is 1. The molecule has 3 heterocycles. The monoisotopic (exact) mass is 329 g/mol. The molecule has 0 spiro atoms. The van der Waals surface area contributed by atoms with Crippen LogP contribution in [0.3, 0.4) is 0 Å². The lowest BCUT2D eigenvalue weighted by molar-refractivity contribution is -0.133. The number of aliphatic hydroxyl groups excluding tert-OH is 1. The molecular formula is C17H23N5O2. The molecule has 7 heteroatoms. The van der Waals surface area contributed by atoms with Gasteiger partial charge in [0, 0.05) is 32.4 Å². The summed E-state index contributed by atoms with van der Waals surface area (Å²) in [6, 6.07) is 2.42. The molecule has 1 amide bonds. The van der Waals surface area contributed by atoms with Crippen LogP contribution < -0.4 is 4.90 Å². The molecular weight excluding hydrogens is 306 g/mol. The second-order valence-electron chi connectivity index (χ2n) is 7.43. The van der Waals surface area contributed by atoms with Crippen LogP contribution in [0.5, 0.6) is 0 Å². The van der Waals surface area contributed by atoms with Gasteiger partial charge in [0.2, 0.25) is 5.91 Å². The number of rotatable bonds is 3. The molecule has 1 aliphatic carbocycles. The fourth-order valence-corrected chi connectivity index (χ4v) is 4.55. The number of aliphatic hydroxyl groups is 1. The number of carbonyl (C=O) groups excluding carboxylic acids is 1. The maximum absolute atomic E-state index is 11.8. The minimum Gasteiger partial charge on any atom is -0.387 e. The average molecular weight is 329 g/mol. The van der Waals surface area contributed by atoms with Crippen LogP contribution in [0.4, 0.5) is 5.82 Å². The summed E-state index contributed by atoms with van der Waals surface area (Å²) in [5.41, 5.74) is 0.976. The summed E-state index contributed by atoms with van der Waals surface area (Å²) in [5.74, 6) is 1.28. The molecule has 4 rings (SSSR count). The minimum absolute atomic E-state index is 0.119. The number of carbonyl (C=O) groups is 1. The number of likely N-dealkylation sites (tertiary alicyclic amines) is 1. The summed E-state index contributed by atoms with van der Waals surface area (Å²) in [6.07, 6.45) is 5.56. The van der Waals surface area contributed by atoms with Gasteiger partial charge in [0.25, 0.3) is 0 Å². The van der Waals surface area contributed by atoms with E-state index in [1.807, 2.05) is 17.2 Å². The van der Waals surface area contributed by atoms with E-state index in [-0.39, 0.29) is 11.3 Å². The number of amides is 1. The first-order chi connectivity index (χ1) is 11.5. The van der Waals surface area contributed by atoms with Crippen LogP contribution in [0, 0.1) is 11.3 Å². The van der Waals surface area contributed by atoms with E-state index in [0.717, 1.165) is 42.8 Å². The number of anilines is 1. The predicted molar refractivity (Wildman–Crippen MR) is 90.6 cm³/mol. The third kappa shape index (κ3) is 2.26. The summed E-state index contributed by atoms with van der Waals surface area (Å²) in [5, 5.41) is 10.1. The van der Waals surface area contributed by atoms with E-state index in [1.165, 1.54) is 0 Å². The van der Waals surface area contributed by atoms with Crippen molar-refractivity contribution in [2.24, 2.45) is 11.3 Å². The highest BCUT2D eigenvalue weighted by Gasteiger charge is 2.51. The molecule has 2 aliphatic rings. The Balaban J connectivity index is 1.54. The highest BCUT2D eigenvalue weighted by atomic mass is 16.3. The van der Waals surface area contributed by atoms with E-state index in [1.54, 1.807) is 6.33 Å². The molecule has 2 aromatic heterocycles. The van der Waals surface area contributed by atoms with E-state index in [0.29, 0.717) is 12.0 Å². The quantitative estimate of drug-likeness (QED) is 0.878. The number of nitrogens with zero attached hydrogens (tertiary/aromatic N) is 4. The van der Waals surface area contributed by atoms with Crippen molar-refractivity contribution in [3.05, 3.63) is 18.6 Å². The van der Waals surface area contributed by atoms with Gasteiger partial charge in [0.1, 0.15) is 24.4 Å². The van der Waals surface area contributed by atoms with Crippen LogP contribution in [0.25, 0.3) is 11.0 Å². The van der Waals surface area contributed by atoms with Crippen LogP contribution in [0.1, 0.15) is 19.8 Å². The molecule has 1 aliphatic heterocycles. The molecule has 3 atom stereocenters. The van der Waals surface area contributed by atoms with Gasteiger partial charge < -0.3 is 19.9 Å². The fourth-order valence-electron chi connectivity index (χ4n) is 4.55. The summed E-state index contributed by atoms with van der Waals surface area (Å²) in [6.45, 7) is 3.37. The molecule has 0 bridgehead atoms. The number of hydrogen-bond acceptors (Lipinski definition) is 5. The standard InChI is InChI=1S/C17H23N5O2/c1-17-6-12(5-11(17)7-22(9-17)14(24)8-23)21(2)16-13-3-4-18-15(13)19-10-20-16/h3-4,10-12,23H,5-9H2,1-2H3,(H,18,19,20)/t11?,12-,17-/m0/s1. The maximum atomic E-state index is 11.8. The van der Waals surface area contributed by atoms with Crippen molar-refractivity contribution in [2.45, 2.75) is 25.8 Å². The Hall–Kier alpha value is -2.15. The van der Waals surface area contributed by atoms with Crippen molar-refractivity contribution in [2.75, 3.05) is 31.6 Å². The van der Waals surface area contributed by atoms with Crippen LogP contribution in [-0.2, 0) is 4.79 Å². The van der Waals surface area contributed by atoms with E-state index >= 15 is 0 Å². The Bertz CT molecular complexity index is 775. The second-order valence-corrected chi connectivity index (χ2v) is 7.43. The van der Waals surface area contributed by atoms with E-state index in [2.05, 4.69) is 33.8 Å². The SMILES string of the molecule is CN(c1ncnc2[nH]ccc12)[C@H]1CC2CN(C(=O)CO)C[C@]2(C)C1. The Morgan fingerprint density at radius 2 is 2.38 bits per heavy atom. The Kier molecular flexibility index (Phi) is 3.49. The summed E-state index contributed by atoms with van der Waals surface area (Å²) >= 11 is 0. The average Bonchev–Trinajstić information content (AvgIpc) is 3.24. The number of hydrogen-bond donors (Lipinski definition) is 2. The molecule has 0 aromatic carbocycles. The molecule has 1 saturated carbocycles. The molecule has 7 nitrogen and oxygen atoms in total. The molecule has 2 aromatic rings. The topological polar surface area (TPSA) is 85.4 Å². The lowest BCUT2D eigenvalue weighted by Crippen LogP contribution is -2.37. The predicted octanol–water partition coefficient (Wildman–Crippen LogP) is 1.01. The molecule has 1 unspecified atom stereocenters. The normalized spacial score (nSPS) is 29.2. The van der Waals surface area contributed by atoms with Crippen molar-refractivity contribution in [1.29, 1.82) is 0 Å². The van der Waals surface area contributed by atoms with E-state index in [9.17, 15) is 4.79 Å². The Morgan fingerprint density at radius 3 is 3.12 bits per heavy atom. The van der Waals surface area contributed by atoms with Crippen LogP contribution >= 0.6 is 0 Å². The number of aromatic nitrogens is 3. The minimum atomic E-state index is -0.390. The zero-order valence-corrected chi connectivity index (χ0v) is 14.1.